The van der Waals surface area contributed by atoms with Crippen molar-refractivity contribution in [3.05, 3.63) is 25.3 Å². The van der Waals surface area contributed by atoms with Gasteiger partial charge in [-0.2, -0.15) is 0 Å². The minimum atomic E-state index is -1.13. The average molecular weight is 505 g/mol. The van der Waals surface area contributed by atoms with Crippen molar-refractivity contribution in [2.45, 2.75) is 89.5 Å². The number of nitrogens with zero attached hydrogens (tertiary/aromatic N) is 2. The van der Waals surface area contributed by atoms with Gasteiger partial charge in [0.25, 0.3) is 0 Å². The predicted molar refractivity (Wildman–Crippen MR) is 137 cm³/mol. The predicted octanol–water partition coefficient (Wildman–Crippen LogP) is 3.09. The highest BCUT2D eigenvalue weighted by atomic mass is 16.6. The molecule has 0 aromatic heterocycles. The smallest absolute Gasteiger partial charge is 0.312 e. The number of hydrogen-bond donors (Lipinski definition) is 1. The number of hydrogen-bond acceptors (Lipinski definition) is 6. The fourth-order valence-corrected chi connectivity index (χ4v) is 6.48. The fourth-order valence-electron chi connectivity index (χ4n) is 6.48. The Morgan fingerprint density at radius 2 is 2.00 bits per heavy atom. The lowest BCUT2D eigenvalue weighted by Crippen LogP contribution is -2.59. The molecule has 1 N–H and O–H groups in total. The van der Waals surface area contributed by atoms with Gasteiger partial charge in [0, 0.05) is 13.1 Å². The van der Waals surface area contributed by atoms with Crippen LogP contribution in [0.15, 0.2) is 25.3 Å². The Morgan fingerprint density at radius 3 is 2.58 bits per heavy atom. The van der Waals surface area contributed by atoms with Crippen molar-refractivity contribution in [3.8, 4) is 0 Å². The topological polar surface area (TPSA) is 96.4 Å². The van der Waals surface area contributed by atoms with E-state index in [-0.39, 0.29) is 30.9 Å². The highest BCUT2D eigenvalue weighted by Gasteiger charge is 2.79. The molecule has 3 aliphatic rings. The molecular formula is C28H44N2O6. The molecule has 0 aromatic rings. The van der Waals surface area contributed by atoms with E-state index in [2.05, 4.69) is 20.1 Å². The molecule has 0 aliphatic carbocycles. The molecule has 0 aromatic carbocycles. The maximum atomic E-state index is 14.2. The van der Waals surface area contributed by atoms with Crippen LogP contribution in [0.25, 0.3) is 0 Å². The fraction of sp³-hybridized carbons (Fsp3) is 0.750. The molecule has 202 valence electrons. The zero-order chi connectivity index (χ0) is 26.7. The summed E-state index contributed by atoms with van der Waals surface area (Å²) in [7, 11) is 0. The maximum Gasteiger partial charge on any atom is 0.312 e. The third kappa shape index (κ3) is 4.74. The van der Waals surface area contributed by atoms with Gasteiger partial charge in [-0.1, -0.05) is 45.8 Å². The summed E-state index contributed by atoms with van der Waals surface area (Å²) in [6, 6.07) is -1.48. The number of carbonyl (C=O) groups excluding carboxylic acids is 3. The summed E-state index contributed by atoms with van der Waals surface area (Å²) in [6.07, 6.45) is 7.79. The molecule has 8 nitrogen and oxygen atoms in total. The van der Waals surface area contributed by atoms with Gasteiger partial charge in [-0.05, 0) is 38.5 Å². The molecule has 3 heterocycles. The van der Waals surface area contributed by atoms with Crippen molar-refractivity contribution in [2.24, 2.45) is 17.8 Å². The van der Waals surface area contributed by atoms with E-state index in [0.29, 0.717) is 32.4 Å². The summed E-state index contributed by atoms with van der Waals surface area (Å²) in [6.45, 7) is 16.1. The first-order valence-corrected chi connectivity index (χ1v) is 13.4. The van der Waals surface area contributed by atoms with Crippen molar-refractivity contribution < 1.29 is 29.0 Å². The molecule has 8 heteroatoms. The zero-order valence-corrected chi connectivity index (χ0v) is 22.4. The molecule has 2 bridgehead atoms. The average Bonchev–Trinajstić information content (AvgIpc) is 3.40. The molecule has 0 radical (unpaired) electrons. The van der Waals surface area contributed by atoms with E-state index in [1.54, 1.807) is 22.0 Å². The van der Waals surface area contributed by atoms with E-state index in [1.807, 2.05) is 20.8 Å². The first-order valence-electron chi connectivity index (χ1n) is 13.4. The number of unbranched alkanes of at least 4 members (excludes halogenated alkanes) is 2. The number of likely N-dealkylation sites (tertiary alicyclic amines) is 1. The molecule has 6 atom stereocenters. The van der Waals surface area contributed by atoms with E-state index in [0.717, 1.165) is 19.3 Å². The first kappa shape index (κ1) is 28.4. The largest absolute Gasteiger partial charge is 0.465 e. The standard InChI is InChI=1S/C28H44N2O6/c1-7-10-12-16-29(15-9-3)25(33)23-28-14-13-27(6,36-28)22(26(34)35-17-11-8-2)21(28)24(32)30(23)20(18-31)19(4)5/h8-9,19-23,31H,2-3,7,10-18H2,1,4-6H3/t20-,21-,22-,23?,27+,28?/m0/s1. The minimum absolute atomic E-state index is 0.0943. The minimum Gasteiger partial charge on any atom is -0.465 e. The second-order valence-corrected chi connectivity index (χ2v) is 11.0. The molecule has 3 fully saturated rings. The lowest BCUT2D eigenvalue weighted by molar-refractivity contribution is -0.162. The van der Waals surface area contributed by atoms with E-state index >= 15 is 0 Å². The third-order valence-corrected chi connectivity index (χ3v) is 8.28. The van der Waals surface area contributed by atoms with Gasteiger partial charge in [-0.15, -0.1) is 13.2 Å². The summed E-state index contributed by atoms with van der Waals surface area (Å²) in [5.41, 5.74) is -2.01. The second-order valence-electron chi connectivity index (χ2n) is 11.0. The van der Waals surface area contributed by atoms with Crippen LogP contribution in [0.4, 0.5) is 0 Å². The summed E-state index contributed by atoms with van der Waals surface area (Å²) in [4.78, 5) is 45.0. The van der Waals surface area contributed by atoms with Crippen LogP contribution < -0.4 is 0 Å². The number of aliphatic hydroxyl groups excluding tert-OH is 1. The molecule has 3 aliphatic heterocycles. The van der Waals surface area contributed by atoms with Crippen molar-refractivity contribution in [1.82, 2.24) is 9.80 Å². The van der Waals surface area contributed by atoms with Gasteiger partial charge in [-0.25, -0.2) is 0 Å². The Hall–Kier alpha value is -2.19. The van der Waals surface area contributed by atoms with E-state index in [4.69, 9.17) is 9.47 Å². The monoisotopic (exact) mass is 504 g/mol. The Morgan fingerprint density at radius 1 is 1.28 bits per heavy atom. The number of carbonyl (C=O) groups is 3. The number of esters is 1. The SMILES string of the molecule is C=CCCOC(=O)[C@@H]1[C@H]2C(=O)N([C@@H](CO)C(C)C)C(C(=O)N(CC=C)CCCCC)C23CC[C@@]1(C)O3. The number of ether oxygens (including phenoxy) is 2. The van der Waals surface area contributed by atoms with Crippen molar-refractivity contribution in [2.75, 3.05) is 26.3 Å². The van der Waals surface area contributed by atoms with Crippen LogP contribution in [0, 0.1) is 17.8 Å². The van der Waals surface area contributed by atoms with Crippen LogP contribution in [0.1, 0.15) is 66.2 Å². The van der Waals surface area contributed by atoms with Gasteiger partial charge in [0.15, 0.2) is 0 Å². The summed E-state index contributed by atoms with van der Waals surface area (Å²) >= 11 is 0. The van der Waals surface area contributed by atoms with Gasteiger partial charge < -0.3 is 24.4 Å². The van der Waals surface area contributed by atoms with Crippen LogP contribution in [0.5, 0.6) is 0 Å². The van der Waals surface area contributed by atoms with Crippen LogP contribution in [-0.2, 0) is 23.9 Å². The van der Waals surface area contributed by atoms with Crippen molar-refractivity contribution in [1.29, 1.82) is 0 Å². The highest BCUT2D eigenvalue weighted by Crippen LogP contribution is 2.63. The normalized spacial score (nSPS) is 31.4. The Bertz CT molecular complexity index is 859. The van der Waals surface area contributed by atoms with Crippen molar-refractivity contribution in [3.63, 3.8) is 0 Å². The van der Waals surface area contributed by atoms with E-state index in [1.165, 1.54) is 0 Å². The second kappa shape index (κ2) is 11.5. The molecular weight excluding hydrogens is 460 g/mol. The van der Waals surface area contributed by atoms with Crippen LogP contribution in [0.3, 0.4) is 0 Å². The quantitative estimate of drug-likeness (QED) is 0.222. The Labute approximate surface area is 215 Å². The molecule has 0 saturated carbocycles. The summed E-state index contributed by atoms with van der Waals surface area (Å²) < 4.78 is 12.2. The van der Waals surface area contributed by atoms with Gasteiger partial charge in [-0.3, -0.25) is 14.4 Å². The zero-order valence-electron chi connectivity index (χ0n) is 22.4. The number of amides is 2. The van der Waals surface area contributed by atoms with Gasteiger partial charge in [0.05, 0.1) is 30.8 Å². The van der Waals surface area contributed by atoms with Gasteiger partial charge in [0.2, 0.25) is 11.8 Å². The van der Waals surface area contributed by atoms with Crippen LogP contribution in [-0.4, -0.2) is 82.3 Å². The Balaban J connectivity index is 2.06. The molecule has 36 heavy (non-hydrogen) atoms. The van der Waals surface area contributed by atoms with E-state index < -0.39 is 41.1 Å². The first-order chi connectivity index (χ1) is 17.1. The number of fused-ring (bicyclic) bond motifs is 1. The molecule has 3 rings (SSSR count). The highest BCUT2D eigenvalue weighted by molar-refractivity contribution is 5.98. The van der Waals surface area contributed by atoms with Gasteiger partial charge >= 0.3 is 5.97 Å². The van der Waals surface area contributed by atoms with Crippen LogP contribution in [0.2, 0.25) is 0 Å². The molecule has 2 unspecified atom stereocenters. The lowest BCUT2D eigenvalue weighted by atomic mass is 9.66. The lowest BCUT2D eigenvalue weighted by Gasteiger charge is -2.40. The van der Waals surface area contributed by atoms with Crippen molar-refractivity contribution >= 4 is 17.8 Å². The third-order valence-electron chi connectivity index (χ3n) is 8.28. The summed E-state index contributed by atoms with van der Waals surface area (Å²) in [5.74, 6) is -2.70. The molecule has 3 saturated heterocycles. The maximum absolute atomic E-state index is 14.2. The molecule has 2 amide bonds. The van der Waals surface area contributed by atoms with E-state index in [9.17, 15) is 19.5 Å². The number of aliphatic hydroxyl groups is 1. The van der Waals surface area contributed by atoms with Gasteiger partial charge in [0.1, 0.15) is 17.6 Å². The molecule has 1 spiro atoms. The van der Waals surface area contributed by atoms with Crippen LogP contribution >= 0.6 is 0 Å². The summed E-state index contributed by atoms with van der Waals surface area (Å²) in [5, 5.41) is 10.3. The number of rotatable bonds is 14. The Kier molecular flexibility index (Phi) is 9.04.